The quantitative estimate of drug-likeness (QED) is 0.703. The van der Waals surface area contributed by atoms with Gasteiger partial charge in [0.15, 0.2) is 0 Å². The van der Waals surface area contributed by atoms with Gasteiger partial charge in [0.25, 0.3) is 0 Å². The van der Waals surface area contributed by atoms with Gasteiger partial charge in [-0.2, -0.15) is 0 Å². The lowest BCUT2D eigenvalue weighted by atomic mass is 10.0. The molecule has 5 nitrogen and oxygen atoms in total. The maximum absolute atomic E-state index is 12.1. The van der Waals surface area contributed by atoms with Gasteiger partial charge in [0.05, 0.1) is 12.3 Å². The molecule has 1 aromatic carbocycles. The largest absolute Gasteiger partial charge is 0.465 e. The number of carbonyl (C=O) groups is 1. The summed E-state index contributed by atoms with van der Waals surface area (Å²) in [5.41, 5.74) is 2.40. The van der Waals surface area contributed by atoms with Crippen LogP contribution in [-0.2, 0) is 11.8 Å². The van der Waals surface area contributed by atoms with Gasteiger partial charge in [-0.15, -0.1) is 0 Å². The number of para-hydroxylation sites is 1. The Morgan fingerprint density at radius 1 is 1.28 bits per heavy atom. The Morgan fingerprint density at radius 3 is 2.80 bits per heavy atom. The molecule has 3 rings (SSSR count). The molecule has 0 spiro atoms. The lowest BCUT2D eigenvalue weighted by Gasteiger charge is -2.24. The molecule has 0 bridgehead atoms. The van der Waals surface area contributed by atoms with Crippen LogP contribution < -0.4 is 5.32 Å². The normalized spacial score (nSPS) is 13.0. The molecule has 0 aliphatic carbocycles. The maximum atomic E-state index is 12.1. The van der Waals surface area contributed by atoms with Crippen LogP contribution in [0.3, 0.4) is 0 Å². The molecule has 1 amide bonds. The third-order valence-corrected chi connectivity index (χ3v) is 4.32. The summed E-state index contributed by atoms with van der Waals surface area (Å²) in [5.74, 6) is 0.525. The molecule has 1 N–H and O–H groups in total. The van der Waals surface area contributed by atoms with Crippen molar-refractivity contribution in [2.45, 2.75) is 6.04 Å². The first-order valence-electron chi connectivity index (χ1n) is 8.26. The number of carbonyl (C=O) groups excluding carboxylic acids is 1. The summed E-state index contributed by atoms with van der Waals surface area (Å²) in [6.45, 7) is 0.530. The Balaban J connectivity index is 1.74. The standard InChI is InChI=1S/C20H23N3O2/c1-22(2)19(13-21-20(24)11-10-15-7-6-12-25-15)17-14-23(3)18-9-5-4-8-16(17)18/h4-12,14,19H,13H2,1-3H3,(H,21,24)/b11-10+/t19-/m1/s1. The number of rotatable bonds is 6. The topological polar surface area (TPSA) is 50.4 Å². The number of hydrogen-bond donors (Lipinski definition) is 1. The van der Waals surface area contributed by atoms with Crippen molar-refractivity contribution in [2.75, 3.05) is 20.6 Å². The Morgan fingerprint density at radius 2 is 2.08 bits per heavy atom. The third-order valence-electron chi connectivity index (χ3n) is 4.32. The average molecular weight is 337 g/mol. The number of benzene rings is 1. The Kier molecular flexibility index (Phi) is 5.05. The molecule has 0 saturated heterocycles. The van der Waals surface area contributed by atoms with Crippen molar-refractivity contribution in [2.24, 2.45) is 7.05 Å². The zero-order valence-corrected chi connectivity index (χ0v) is 14.8. The van der Waals surface area contributed by atoms with Gasteiger partial charge < -0.3 is 19.2 Å². The number of likely N-dealkylation sites (N-methyl/N-ethyl adjacent to an activating group) is 1. The minimum Gasteiger partial charge on any atom is -0.465 e. The average Bonchev–Trinajstić information content (AvgIpc) is 3.22. The maximum Gasteiger partial charge on any atom is 0.244 e. The molecule has 0 aliphatic heterocycles. The lowest BCUT2D eigenvalue weighted by molar-refractivity contribution is -0.116. The molecule has 0 saturated carbocycles. The fraction of sp³-hybridized carbons (Fsp3) is 0.250. The Bertz CT molecular complexity index is 876. The first-order valence-corrected chi connectivity index (χ1v) is 8.26. The lowest BCUT2D eigenvalue weighted by Crippen LogP contribution is -2.33. The van der Waals surface area contributed by atoms with E-state index < -0.39 is 0 Å². The molecule has 5 heteroatoms. The minimum atomic E-state index is -0.136. The van der Waals surface area contributed by atoms with E-state index in [4.69, 9.17) is 4.42 Å². The highest BCUT2D eigenvalue weighted by molar-refractivity contribution is 5.91. The van der Waals surface area contributed by atoms with Gasteiger partial charge in [-0.3, -0.25) is 4.79 Å². The van der Waals surface area contributed by atoms with Crippen molar-refractivity contribution in [1.82, 2.24) is 14.8 Å². The number of hydrogen-bond acceptors (Lipinski definition) is 3. The monoisotopic (exact) mass is 337 g/mol. The van der Waals surface area contributed by atoms with Crippen LogP contribution >= 0.6 is 0 Å². The van der Waals surface area contributed by atoms with Crippen molar-refractivity contribution in [3.8, 4) is 0 Å². The van der Waals surface area contributed by atoms with E-state index in [1.54, 1.807) is 18.4 Å². The molecular formula is C20H23N3O2. The van der Waals surface area contributed by atoms with Crippen molar-refractivity contribution in [3.05, 3.63) is 66.3 Å². The van der Waals surface area contributed by atoms with Crippen LogP contribution in [-0.4, -0.2) is 36.0 Å². The fourth-order valence-corrected chi connectivity index (χ4v) is 3.01. The number of amides is 1. The highest BCUT2D eigenvalue weighted by Gasteiger charge is 2.19. The number of aryl methyl sites for hydroxylation is 1. The minimum absolute atomic E-state index is 0.0899. The summed E-state index contributed by atoms with van der Waals surface area (Å²) < 4.78 is 7.31. The molecule has 0 radical (unpaired) electrons. The summed E-state index contributed by atoms with van der Waals surface area (Å²) in [6.07, 6.45) is 6.88. The second-order valence-corrected chi connectivity index (χ2v) is 6.29. The molecule has 2 heterocycles. The van der Waals surface area contributed by atoms with Gasteiger partial charge in [-0.05, 0) is 43.9 Å². The predicted octanol–water partition coefficient (Wildman–Crippen LogP) is 3.20. The highest BCUT2D eigenvalue weighted by Crippen LogP contribution is 2.28. The smallest absolute Gasteiger partial charge is 0.244 e. The van der Waals surface area contributed by atoms with Crippen molar-refractivity contribution in [1.29, 1.82) is 0 Å². The van der Waals surface area contributed by atoms with E-state index in [-0.39, 0.29) is 11.9 Å². The molecule has 0 unspecified atom stereocenters. The van der Waals surface area contributed by atoms with Crippen LogP contribution in [0.4, 0.5) is 0 Å². The van der Waals surface area contributed by atoms with Gasteiger partial charge in [0, 0.05) is 36.8 Å². The van der Waals surface area contributed by atoms with Crippen LogP contribution in [0.5, 0.6) is 0 Å². The van der Waals surface area contributed by atoms with E-state index in [9.17, 15) is 4.79 Å². The predicted molar refractivity (Wildman–Crippen MR) is 100 cm³/mol. The van der Waals surface area contributed by atoms with Gasteiger partial charge >= 0.3 is 0 Å². The van der Waals surface area contributed by atoms with Crippen molar-refractivity contribution >= 4 is 22.9 Å². The number of fused-ring (bicyclic) bond motifs is 1. The van der Waals surface area contributed by atoms with E-state index >= 15 is 0 Å². The summed E-state index contributed by atoms with van der Waals surface area (Å²) in [5, 5.41) is 4.19. The molecular weight excluding hydrogens is 314 g/mol. The van der Waals surface area contributed by atoms with E-state index in [0.29, 0.717) is 12.3 Å². The van der Waals surface area contributed by atoms with Gasteiger partial charge in [0.2, 0.25) is 5.91 Å². The number of furan rings is 1. The number of nitrogens with one attached hydrogen (secondary N) is 1. The van der Waals surface area contributed by atoms with Crippen LogP contribution in [0.1, 0.15) is 17.4 Å². The molecule has 0 fully saturated rings. The Labute approximate surface area is 147 Å². The first kappa shape index (κ1) is 17.0. The second-order valence-electron chi connectivity index (χ2n) is 6.29. The summed E-state index contributed by atoms with van der Waals surface area (Å²) in [6, 6.07) is 12.0. The molecule has 25 heavy (non-hydrogen) atoms. The molecule has 130 valence electrons. The van der Waals surface area contributed by atoms with E-state index in [1.165, 1.54) is 22.5 Å². The molecule has 1 atom stereocenters. The molecule has 2 aromatic heterocycles. The van der Waals surface area contributed by atoms with Crippen molar-refractivity contribution < 1.29 is 9.21 Å². The van der Waals surface area contributed by atoms with Crippen LogP contribution in [0, 0.1) is 0 Å². The zero-order valence-electron chi connectivity index (χ0n) is 14.8. The first-order chi connectivity index (χ1) is 12.1. The summed E-state index contributed by atoms with van der Waals surface area (Å²) >= 11 is 0. The molecule has 0 aliphatic rings. The van der Waals surface area contributed by atoms with Gasteiger partial charge in [-0.1, -0.05) is 18.2 Å². The summed E-state index contributed by atoms with van der Waals surface area (Å²) in [7, 11) is 6.10. The van der Waals surface area contributed by atoms with E-state index in [0.717, 1.165) is 0 Å². The highest BCUT2D eigenvalue weighted by atomic mass is 16.3. The fourth-order valence-electron chi connectivity index (χ4n) is 3.01. The Hall–Kier alpha value is -2.79. The molecule has 3 aromatic rings. The van der Waals surface area contributed by atoms with Crippen molar-refractivity contribution in [3.63, 3.8) is 0 Å². The van der Waals surface area contributed by atoms with E-state index in [2.05, 4.69) is 33.1 Å². The second kappa shape index (κ2) is 7.40. The van der Waals surface area contributed by atoms with Gasteiger partial charge in [0.1, 0.15) is 5.76 Å². The zero-order chi connectivity index (χ0) is 17.8. The van der Waals surface area contributed by atoms with Crippen LogP contribution in [0.2, 0.25) is 0 Å². The van der Waals surface area contributed by atoms with E-state index in [1.807, 2.05) is 39.3 Å². The SMILES string of the molecule is CN(C)[C@H](CNC(=O)/C=C/c1ccco1)c1cn(C)c2ccccc12. The summed E-state index contributed by atoms with van der Waals surface area (Å²) in [4.78, 5) is 14.2. The van der Waals surface area contributed by atoms with Crippen LogP contribution in [0.15, 0.2) is 59.4 Å². The number of nitrogens with zero attached hydrogens (tertiary/aromatic N) is 2. The third kappa shape index (κ3) is 3.83. The van der Waals surface area contributed by atoms with Gasteiger partial charge in [-0.25, -0.2) is 0 Å². The van der Waals surface area contributed by atoms with Crippen LogP contribution in [0.25, 0.3) is 17.0 Å². The number of aromatic nitrogens is 1.